The van der Waals surface area contributed by atoms with Gasteiger partial charge >= 0.3 is 0 Å². The number of amides is 1. The van der Waals surface area contributed by atoms with Crippen LogP contribution in [0.1, 0.15) is 22.2 Å². The third-order valence-electron chi connectivity index (χ3n) is 6.50. The van der Waals surface area contributed by atoms with Crippen LogP contribution < -0.4 is 20.9 Å². The molecule has 1 fully saturated rings. The average Bonchev–Trinajstić information content (AvgIpc) is 3.15. The molecule has 2 aliphatic rings. The van der Waals surface area contributed by atoms with Crippen molar-refractivity contribution in [2.75, 3.05) is 42.9 Å². The van der Waals surface area contributed by atoms with E-state index in [-0.39, 0.29) is 11.9 Å². The van der Waals surface area contributed by atoms with Gasteiger partial charge in [-0.3, -0.25) is 4.79 Å². The highest BCUT2D eigenvalue weighted by atomic mass is 32.1. The first-order valence-electron chi connectivity index (χ1n) is 11.4. The summed E-state index contributed by atoms with van der Waals surface area (Å²) in [7, 11) is 0. The standard InChI is InChI=1S/C25H26N6OS/c1-14-11-21(31-9-7-26-8-10-31)27-13-17(14)19-4-3-16-18(30-19)5-6-20-22(16)23-24(33-20)25(32)29-15(2)12-28-23/h3-6,11,13,15,26,28H,7-10,12H2,1-2H3,(H,29,32). The predicted molar refractivity (Wildman–Crippen MR) is 136 cm³/mol. The molecule has 1 amide bonds. The van der Waals surface area contributed by atoms with E-state index >= 15 is 0 Å². The zero-order chi connectivity index (χ0) is 22.5. The van der Waals surface area contributed by atoms with Gasteiger partial charge in [0, 0.05) is 66.0 Å². The van der Waals surface area contributed by atoms with Crippen molar-refractivity contribution in [3.8, 4) is 11.3 Å². The monoisotopic (exact) mass is 458 g/mol. The van der Waals surface area contributed by atoms with Crippen LogP contribution in [0.4, 0.5) is 11.5 Å². The van der Waals surface area contributed by atoms with Gasteiger partial charge in [-0.05, 0) is 49.7 Å². The second kappa shape index (κ2) is 7.97. The Morgan fingerprint density at radius 2 is 2.00 bits per heavy atom. The number of nitrogens with one attached hydrogen (secondary N) is 3. The number of aryl methyl sites for hydroxylation is 1. The minimum atomic E-state index is -0.00675. The molecule has 33 heavy (non-hydrogen) atoms. The molecule has 0 spiro atoms. The van der Waals surface area contributed by atoms with E-state index in [9.17, 15) is 4.79 Å². The van der Waals surface area contributed by atoms with Gasteiger partial charge in [-0.15, -0.1) is 11.3 Å². The molecule has 8 heteroatoms. The minimum absolute atomic E-state index is 0.00675. The van der Waals surface area contributed by atoms with Gasteiger partial charge in [-0.1, -0.05) is 0 Å². The van der Waals surface area contributed by atoms with E-state index in [1.807, 2.05) is 13.1 Å². The molecule has 4 aromatic rings. The Kier molecular flexibility index (Phi) is 4.92. The van der Waals surface area contributed by atoms with Crippen LogP contribution in [0.2, 0.25) is 0 Å². The van der Waals surface area contributed by atoms with Crippen LogP contribution in [0.25, 0.3) is 32.2 Å². The van der Waals surface area contributed by atoms with Crippen LogP contribution in [0.5, 0.6) is 0 Å². The second-order valence-electron chi connectivity index (χ2n) is 8.86. The van der Waals surface area contributed by atoms with Gasteiger partial charge in [0.15, 0.2) is 0 Å². The normalized spacial score (nSPS) is 18.7. The molecule has 3 N–H and O–H groups in total. The van der Waals surface area contributed by atoms with E-state index in [1.54, 1.807) is 0 Å². The van der Waals surface area contributed by atoms with Crippen molar-refractivity contribution in [1.82, 2.24) is 20.6 Å². The molecular formula is C25H26N6OS. The molecule has 0 saturated carbocycles. The SMILES string of the molecule is Cc1cc(N2CCNCC2)ncc1-c1ccc2c(ccc3sc4c(c32)NCC(C)NC4=O)n1. The molecule has 0 radical (unpaired) electrons. The summed E-state index contributed by atoms with van der Waals surface area (Å²) >= 11 is 1.53. The summed E-state index contributed by atoms with van der Waals surface area (Å²) in [6.45, 7) is 8.78. The Hall–Kier alpha value is -3.23. The van der Waals surface area contributed by atoms with Crippen molar-refractivity contribution in [2.24, 2.45) is 0 Å². The molecule has 1 saturated heterocycles. The number of nitrogens with zero attached hydrogens (tertiary/aromatic N) is 3. The van der Waals surface area contributed by atoms with E-state index < -0.39 is 0 Å². The Labute approximate surface area is 196 Å². The highest BCUT2D eigenvalue weighted by Crippen LogP contribution is 2.41. The molecule has 5 heterocycles. The molecule has 0 aliphatic carbocycles. The number of hydrogen-bond acceptors (Lipinski definition) is 7. The Morgan fingerprint density at radius 3 is 2.82 bits per heavy atom. The summed E-state index contributed by atoms with van der Waals surface area (Å²) in [4.78, 5) is 25.5. The summed E-state index contributed by atoms with van der Waals surface area (Å²) in [6.07, 6.45) is 1.95. The minimum Gasteiger partial charge on any atom is -0.381 e. The van der Waals surface area contributed by atoms with E-state index in [0.717, 1.165) is 74.8 Å². The number of carbonyl (C=O) groups excluding carboxylic acids is 1. The first-order chi connectivity index (χ1) is 16.1. The maximum absolute atomic E-state index is 12.7. The van der Waals surface area contributed by atoms with Gasteiger partial charge in [0.05, 0.1) is 16.9 Å². The zero-order valence-electron chi connectivity index (χ0n) is 18.7. The number of piperazine rings is 1. The fraction of sp³-hybridized carbons (Fsp3) is 0.320. The number of pyridine rings is 2. The third-order valence-corrected chi connectivity index (χ3v) is 7.66. The topological polar surface area (TPSA) is 82.2 Å². The van der Waals surface area contributed by atoms with Crippen molar-refractivity contribution in [3.05, 3.63) is 47.0 Å². The fourth-order valence-corrected chi connectivity index (χ4v) is 5.85. The van der Waals surface area contributed by atoms with Gasteiger partial charge in [0.2, 0.25) is 0 Å². The van der Waals surface area contributed by atoms with Crippen LogP contribution in [-0.4, -0.2) is 54.6 Å². The van der Waals surface area contributed by atoms with E-state index in [2.05, 4.69) is 58.1 Å². The first-order valence-corrected chi connectivity index (χ1v) is 12.2. The van der Waals surface area contributed by atoms with Crippen LogP contribution in [0, 0.1) is 6.92 Å². The van der Waals surface area contributed by atoms with Crippen LogP contribution in [0.3, 0.4) is 0 Å². The lowest BCUT2D eigenvalue weighted by Gasteiger charge is -2.28. The van der Waals surface area contributed by atoms with Gasteiger partial charge < -0.3 is 20.9 Å². The fourth-order valence-electron chi connectivity index (χ4n) is 4.75. The highest BCUT2D eigenvalue weighted by molar-refractivity contribution is 7.21. The third kappa shape index (κ3) is 3.50. The predicted octanol–water partition coefficient (Wildman–Crippen LogP) is 3.77. The molecule has 3 aromatic heterocycles. The van der Waals surface area contributed by atoms with Gasteiger partial charge in [0.25, 0.3) is 5.91 Å². The van der Waals surface area contributed by atoms with E-state index in [1.165, 1.54) is 16.9 Å². The van der Waals surface area contributed by atoms with Gasteiger partial charge in [-0.2, -0.15) is 0 Å². The number of aromatic nitrogens is 2. The average molecular weight is 459 g/mol. The summed E-state index contributed by atoms with van der Waals surface area (Å²) < 4.78 is 1.09. The molecule has 1 aromatic carbocycles. The van der Waals surface area contributed by atoms with E-state index in [0.29, 0.717) is 6.54 Å². The molecule has 1 unspecified atom stereocenters. The van der Waals surface area contributed by atoms with Gasteiger partial charge in [0.1, 0.15) is 10.7 Å². The van der Waals surface area contributed by atoms with Crippen molar-refractivity contribution in [3.63, 3.8) is 0 Å². The zero-order valence-corrected chi connectivity index (χ0v) is 19.6. The summed E-state index contributed by atoms with van der Waals surface area (Å²) in [5.74, 6) is 1.02. The van der Waals surface area contributed by atoms with Crippen molar-refractivity contribution in [1.29, 1.82) is 0 Å². The van der Waals surface area contributed by atoms with Crippen molar-refractivity contribution in [2.45, 2.75) is 19.9 Å². The Morgan fingerprint density at radius 1 is 1.15 bits per heavy atom. The number of benzene rings is 1. The summed E-state index contributed by atoms with van der Waals surface area (Å²) in [5, 5.41) is 12.1. The number of carbonyl (C=O) groups is 1. The first kappa shape index (κ1) is 20.4. The quantitative estimate of drug-likeness (QED) is 0.424. The molecule has 2 aliphatic heterocycles. The Balaban J connectivity index is 1.42. The number of rotatable bonds is 2. The second-order valence-corrected chi connectivity index (χ2v) is 9.91. The number of hydrogen-bond donors (Lipinski definition) is 3. The molecule has 1 atom stereocenters. The lowest BCUT2D eigenvalue weighted by Crippen LogP contribution is -2.43. The van der Waals surface area contributed by atoms with Gasteiger partial charge in [-0.25, -0.2) is 9.97 Å². The number of fused-ring (bicyclic) bond motifs is 5. The molecule has 168 valence electrons. The number of thiophene rings is 1. The molecular weight excluding hydrogens is 432 g/mol. The van der Waals surface area contributed by atoms with Crippen LogP contribution in [-0.2, 0) is 0 Å². The molecule has 6 rings (SSSR count). The lowest BCUT2D eigenvalue weighted by molar-refractivity contribution is 0.0949. The summed E-state index contributed by atoms with van der Waals surface area (Å²) in [5.41, 5.74) is 4.98. The molecule has 7 nitrogen and oxygen atoms in total. The molecule has 0 bridgehead atoms. The van der Waals surface area contributed by atoms with Crippen molar-refractivity contribution < 1.29 is 4.79 Å². The number of anilines is 2. The van der Waals surface area contributed by atoms with Crippen LogP contribution >= 0.6 is 11.3 Å². The largest absolute Gasteiger partial charge is 0.381 e. The Bertz CT molecular complexity index is 1390. The van der Waals surface area contributed by atoms with Crippen LogP contribution in [0.15, 0.2) is 36.5 Å². The van der Waals surface area contributed by atoms with Crippen molar-refractivity contribution >= 4 is 49.7 Å². The highest BCUT2D eigenvalue weighted by Gasteiger charge is 2.25. The smallest absolute Gasteiger partial charge is 0.263 e. The lowest BCUT2D eigenvalue weighted by atomic mass is 10.0. The maximum Gasteiger partial charge on any atom is 0.263 e. The summed E-state index contributed by atoms with van der Waals surface area (Å²) in [6, 6.07) is 10.6. The van der Waals surface area contributed by atoms with E-state index in [4.69, 9.17) is 9.97 Å². The maximum atomic E-state index is 12.7.